The fourth-order valence-electron chi connectivity index (χ4n) is 1.51. The molecule has 2 aromatic rings. The van der Waals surface area contributed by atoms with Gasteiger partial charge in [-0.05, 0) is 18.2 Å². The average Bonchev–Trinajstić information content (AvgIpc) is 2.79. The Bertz CT molecular complexity index is 536. The zero-order valence-electron chi connectivity index (χ0n) is 9.10. The molecular formula is C11H6F6N2. The van der Waals surface area contributed by atoms with Crippen LogP contribution in [0.5, 0.6) is 0 Å². The highest BCUT2D eigenvalue weighted by atomic mass is 19.4. The number of nitrogens with zero attached hydrogens (tertiary/aromatic N) is 1. The Labute approximate surface area is 103 Å². The molecule has 0 spiro atoms. The molecule has 0 unspecified atom stereocenters. The lowest BCUT2D eigenvalue weighted by Crippen LogP contribution is -2.11. The molecule has 8 heteroatoms. The Morgan fingerprint density at radius 2 is 1.37 bits per heavy atom. The van der Waals surface area contributed by atoms with Gasteiger partial charge in [0.1, 0.15) is 5.82 Å². The summed E-state index contributed by atoms with van der Waals surface area (Å²) in [6.45, 7) is 0. The molecule has 1 aromatic carbocycles. The molecule has 0 bridgehead atoms. The number of hydrogen-bond donors (Lipinski definition) is 1. The third-order valence-electron chi connectivity index (χ3n) is 2.36. The zero-order chi connectivity index (χ0) is 14.3. The molecule has 0 saturated carbocycles. The summed E-state index contributed by atoms with van der Waals surface area (Å²) < 4.78 is 75.5. The Hall–Kier alpha value is -1.99. The Kier molecular flexibility index (Phi) is 3.03. The van der Waals surface area contributed by atoms with E-state index in [-0.39, 0.29) is 17.5 Å². The van der Waals surface area contributed by atoms with E-state index >= 15 is 0 Å². The van der Waals surface area contributed by atoms with Crippen LogP contribution in [0, 0.1) is 0 Å². The first kappa shape index (κ1) is 13.4. The first-order valence-corrected chi connectivity index (χ1v) is 4.97. The van der Waals surface area contributed by atoms with Crippen LogP contribution in [0.1, 0.15) is 11.1 Å². The minimum Gasteiger partial charge on any atom is -0.345 e. The van der Waals surface area contributed by atoms with E-state index in [0.717, 1.165) is 0 Å². The van der Waals surface area contributed by atoms with Gasteiger partial charge in [0, 0.05) is 18.0 Å². The van der Waals surface area contributed by atoms with E-state index in [1.54, 1.807) is 0 Å². The molecule has 2 rings (SSSR count). The largest absolute Gasteiger partial charge is 0.416 e. The van der Waals surface area contributed by atoms with Crippen molar-refractivity contribution in [3.63, 3.8) is 0 Å². The predicted octanol–water partition coefficient (Wildman–Crippen LogP) is 4.11. The van der Waals surface area contributed by atoms with Crippen molar-refractivity contribution < 1.29 is 26.3 Å². The number of hydrogen-bond acceptors (Lipinski definition) is 1. The minimum absolute atomic E-state index is 0.0587. The van der Waals surface area contributed by atoms with E-state index in [2.05, 4.69) is 9.97 Å². The quantitative estimate of drug-likeness (QED) is 0.782. The van der Waals surface area contributed by atoms with Gasteiger partial charge in [0.25, 0.3) is 0 Å². The molecule has 1 aromatic heterocycles. The molecular weight excluding hydrogens is 274 g/mol. The maximum absolute atomic E-state index is 12.6. The normalized spacial score (nSPS) is 12.7. The molecule has 102 valence electrons. The van der Waals surface area contributed by atoms with Crippen LogP contribution in [-0.2, 0) is 12.4 Å². The third kappa shape index (κ3) is 2.88. The van der Waals surface area contributed by atoms with Crippen LogP contribution < -0.4 is 0 Å². The lowest BCUT2D eigenvalue weighted by molar-refractivity contribution is -0.143. The summed E-state index contributed by atoms with van der Waals surface area (Å²) in [5.41, 5.74) is -3.01. The van der Waals surface area contributed by atoms with Gasteiger partial charge in [0.15, 0.2) is 0 Å². The van der Waals surface area contributed by atoms with E-state index in [9.17, 15) is 26.3 Å². The molecule has 0 amide bonds. The van der Waals surface area contributed by atoms with E-state index in [4.69, 9.17) is 0 Å². The summed E-state index contributed by atoms with van der Waals surface area (Å²) in [5, 5.41) is 0. The van der Waals surface area contributed by atoms with Gasteiger partial charge in [-0.25, -0.2) is 4.98 Å². The van der Waals surface area contributed by atoms with Crippen LogP contribution in [0.15, 0.2) is 30.6 Å². The van der Waals surface area contributed by atoms with Crippen molar-refractivity contribution in [3.05, 3.63) is 41.7 Å². The fourth-order valence-corrected chi connectivity index (χ4v) is 1.51. The van der Waals surface area contributed by atoms with E-state index in [0.29, 0.717) is 12.1 Å². The monoisotopic (exact) mass is 280 g/mol. The summed E-state index contributed by atoms with van der Waals surface area (Å²) in [7, 11) is 0. The molecule has 0 aliphatic carbocycles. The molecule has 0 aliphatic heterocycles. The topological polar surface area (TPSA) is 28.7 Å². The molecule has 19 heavy (non-hydrogen) atoms. The first-order chi connectivity index (χ1) is 8.68. The van der Waals surface area contributed by atoms with Gasteiger partial charge in [0.2, 0.25) is 0 Å². The first-order valence-electron chi connectivity index (χ1n) is 4.97. The number of aromatic amines is 1. The summed E-state index contributed by atoms with van der Waals surface area (Å²) in [5.74, 6) is -0.0587. The second-order valence-corrected chi connectivity index (χ2v) is 3.73. The van der Waals surface area contributed by atoms with Crippen molar-refractivity contribution in [2.24, 2.45) is 0 Å². The van der Waals surface area contributed by atoms with Crippen molar-refractivity contribution in [2.45, 2.75) is 12.4 Å². The van der Waals surface area contributed by atoms with Gasteiger partial charge >= 0.3 is 12.4 Å². The molecule has 0 atom stereocenters. The second-order valence-electron chi connectivity index (χ2n) is 3.73. The number of aromatic nitrogens is 2. The highest BCUT2D eigenvalue weighted by Crippen LogP contribution is 2.37. The number of alkyl halides is 6. The SMILES string of the molecule is FC(F)(F)c1cc(-c2ncc[nH]2)cc(C(F)(F)F)c1. The van der Waals surface area contributed by atoms with Gasteiger partial charge in [-0.3, -0.25) is 0 Å². The zero-order valence-corrected chi connectivity index (χ0v) is 9.10. The van der Waals surface area contributed by atoms with Crippen molar-refractivity contribution in [2.75, 3.05) is 0 Å². The number of H-pyrrole nitrogens is 1. The maximum atomic E-state index is 12.6. The Morgan fingerprint density at radius 1 is 0.842 bits per heavy atom. The number of imidazole rings is 1. The number of halogens is 6. The third-order valence-corrected chi connectivity index (χ3v) is 2.36. The lowest BCUT2D eigenvalue weighted by Gasteiger charge is -2.13. The Morgan fingerprint density at radius 3 is 1.74 bits per heavy atom. The molecule has 0 fully saturated rings. The smallest absolute Gasteiger partial charge is 0.345 e. The molecule has 0 saturated heterocycles. The van der Waals surface area contributed by atoms with E-state index in [1.165, 1.54) is 12.4 Å². The predicted molar refractivity (Wildman–Crippen MR) is 54.0 cm³/mol. The van der Waals surface area contributed by atoms with Crippen molar-refractivity contribution in [3.8, 4) is 11.4 Å². The lowest BCUT2D eigenvalue weighted by atomic mass is 10.0. The van der Waals surface area contributed by atoms with Gasteiger partial charge in [-0.1, -0.05) is 0 Å². The standard InChI is InChI=1S/C11H6F6N2/c12-10(13,14)7-3-6(9-18-1-2-19-9)4-8(5-7)11(15,16)17/h1-5H,(H,18,19). The number of nitrogens with one attached hydrogen (secondary N) is 1. The highest BCUT2D eigenvalue weighted by molar-refractivity contribution is 5.58. The second kappa shape index (κ2) is 4.29. The van der Waals surface area contributed by atoms with Gasteiger partial charge < -0.3 is 4.98 Å². The molecule has 1 heterocycles. The summed E-state index contributed by atoms with van der Waals surface area (Å²) in [6, 6.07) is 1.31. The number of benzene rings is 1. The molecule has 1 N–H and O–H groups in total. The van der Waals surface area contributed by atoms with Crippen molar-refractivity contribution >= 4 is 0 Å². The van der Waals surface area contributed by atoms with Gasteiger partial charge in [-0.15, -0.1) is 0 Å². The fraction of sp³-hybridized carbons (Fsp3) is 0.182. The highest BCUT2D eigenvalue weighted by Gasteiger charge is 2.37. The summed E-state index contributed by atoms with van der Waals surface area (Å²) >= 11 is 0. The molecule has 0 aliphatic rings. The molecule has 0 radical (unpaired) electrons. The van der Waals surface area contributed by atoms with Crippen molar-refractivity contribution in [1.82, 2.24) is 9.97 Å². The number of rotatable bonds is 1. The van der Waals surface area contributed by atoms with Crippen LogP contribution in [-0.4, -0.2) is 9.97 Å². The van der Waals surface area contributed by atoms with Gasteiger partial charge in [0.05, 0.1) is 11.1 Å². The Balaban J connectivity index is 2.62. The maximum Gasteiger partial charge on any atom is 0.416 e. The van der Waals surface area contributed by atoms with Gasteiger partial charge in [-0.2, -0.15) is 26.3 Å². The van der Waals surface area contributed by atoms with Crippen molar-refractivity contribution in [1.29, 1.82) is 0 Å². The van der Waals surface area contributed by atoms with E-state index < -0.39 is 23.5 Å². The van der Waals surface area contributed by atoms with Crippen LogP contribution in [0.3, 0.4) is 0 Å². The van der Waals surface area contributed by atoms with Crippen LogP contribution in [0.25, 0.3) is 11.4 Å². The summed E-state index contributed by atoms with van der Waals surface area (Å²) in [6.07, 6.45) is -7.17. The van der Waals surface area contributed by atoms with E-state index in [1.807, 2.05) is 0 Å². The minimum atomic E-state index is -4.86. The van der Waals surface area contributed by atoms with Crippen LogP contribution >= 0.6 is 0 Å². The summed E-state index contributed by atoms with van der Waals surface area (Å²) in [4.78, 5) is 6.11. The van der Waals surface area contributed by atoms with Crippen LogP contribution in [0.2, 0.25) is 0 Å². The molecule has 2 nitrogen and oxygen atoms in total. The van der Waals surface area contributed by atoms with Crippen LogP contribution in [0.4, 0.5) is 26.3 Å². The average molecular weight is 280 g/mol.